The third-order valence-corrected chi connectivity index (χ3v) is 3.02. The molecule has 17 heavy (non-hydrogen) atoms. The van der Waals surface area contributed by atoms with Crippen LogP contribution in [0, 0.1) is 5.92 Å². The van der Waals surface area contributed by atoms with Gasteiger partial charge in [-0.1, -0.05) is 0 Å². The van der Waals surface area contributed by atoms with E-state index in [1.807, 2.05) is 0 Å². The molecule has 1 atom stereocenters. The fraction of sp³-hybridized carbons (Fsp3) is 0.636. The Labute approximate surface area is 97.8 Å². The Balaban J connectivity index is 1.83. The average molecular weight is 243 g/mol. The highest BCUT2D eigenvalue weighted by Gasteiger charge is 2.38. The zero-order valence-electron chi connectivity index (χ0n) is 9.38. The van der Waals surface area contributed by atoms with Crippen molar-refractivity contribution < 1.29 is 13.6 Å². The Bertz CT molecular complexity index is 378. The quantitative estimate of drug-likeness (QED) is 0.851. The summed E-state index contributed by atoms with van der Waals surface area (Å²) in [5.41, 5.74) is 0.765. The highest BCUT2D eigenvalue weighted by molar-refractivity contribution is 5.78. The SMILES string of the molecule is O=C(NCc1cnc[nH]1)C1CCCC(F)(F)C1. The van der Waals surface area contributed by atoms with Crippen LogP contribution in [0.3, 0.4) is 0 Å². The largest absolute Gasteiger partial charge is 0.350 e. The molecule has 94 valence electrons. The van der Waals surface area contributed by atoms with E-state index in [1.165, 1.54) is 6.33 Å². The predicted octanol–water partition coefficient (Wildman–Crippen LogP) is 1.85. The van der Waals surface area contributed by atoms with E-state index in [4.69, 9.17) is 0 Å². The van der Waals surface area contributed by atoms with E-state index in [0.29, 0.717) is 19.4 Å². The molecule has 6 heteroatoms. The Kier molecular flexibility index (Phi) is 3.40. The second kappa shape index (κ2) is 4.81. The number of aromatic amines is 1. The molecule has 0 radical (unpaired) electrons. The number of alkyl halides is 2. The van der Waals surface area contributed by atoms with Gasteiger partial charge in [-0.25, -0.2) is 13.8 Å². The molecule has 2 N–H and O–H groups in total. The minimum atomic E-state index is -2.69. The highest BCUT2D eigenvalue weighted by Crippen LogP contribution is 2.36. The van der Waals surface area contributed by atoms with E-state index in [-0.39, 0.29) is 18.7 Å². The summed E-state index contributed by atoms with van der Waals surface area (Å²) in [4.78, 5) is 18.3. The number of halogens is 2. The molecule has 1 fully saturated rings. The van der Waals surface area contributed by atoms with Gasteiger partial charge < -0.3 is 10.3 Å². The van der Waals surface area contributed by atoms with Crippen LogP contribution in [-0.2, 0) is 11.3 Å². The van der Waals surface area contributed by atoms with Gasteiger partial charge in [-0.05, 0) is 12.8 Å². The number of H-pyrrole nitrogens is 1. The lowest BCUT2D eigenvalue weighted by molar-refractivity contribution is -0.132. The summed E-state index contributed by atoms with van der Waals surface area (Å²) in [6.07, 6.45) is 3.63. The van der Waals surface area contributed by atoms with Crippen LogP contribution < -0.4 is 5.32 Å². The van der Waals surface area contributed by atoms with Gasteiger partial charge in [-0.3, -0.25) is 4.79 Å². The summed E-state index contributed by atoms with van der Waals surface area (Å²) in [6.45, 7) is 0.306. The van der Waals surface area contributed by atoms with Gasteiger partial charge in [-0.15, -0.1) is 0 Å². The third-order valence-electron chi connectivity index (χ3n) is 3.02. The van der Waals surface area contributed by atoms with Gasteiger partial charge in [0.05, 0.1) is 18.6 Å². The summed E-state index contributed by atoms with van der Waals surface area (Å²) >= 11 is 0. The lowest BCUT2D eigenvalue weighted by Crippen LogP contribution is -2.37. The molecule has 0 aliphatic heterocycles. The first-order valence-electron chi connectivity index (χ1n) is 5.70. The van der Waals surface area contributed by atoms with Gasteiger partial charge >= 0.3 is 0 Å². The van der Waals surface area contributed by atoms with Gasteiger partial charge in [0.15, 0.2) is 0 Å². The molecular weight excluding hydrogens is 228 g/mol. The van der Waals surface area contributed by atoms with E-state index in [0.717, 1.165) is 5.69 Å². The van der Waals surface area contributed by atoms with Crippen LogP contribution in [0.4, 0.5) is 8.78 Å². The van der Waals surface area contributed by atoms with Crippen LogP contribution in [0.25, 0.3) is 0 Å². The van der Waals surface area contributed by atoms with Gasteiger partial charge in [0, 0.05) is 25.0 Å². The number of amides is 1. The number of carbonyl (C=O) groups is 1. The van der Waals surface area contributed by atoms with E-state index in [9.17, 15) is 13.6 Å². The number of aromatic nitrogens is 2. The van der Waals surface area contributed by atoms with Crippen molar-refractivity contribution in [3.8, 4) is 0 Å². The van der Waals surface area contributed by atoms with E-state index >= 15 is 0 Å². The van der Waals surface area contributed by atoms with Crippen LogP contribution in [0.1, 0.15) is 31.4 Å². The predicted molar refractivity (Wildman–Crippen MR) is 57.3 cm³/mol. The topological polar surface area (TPSA) is 57.8 Å². The molecule has 0 bridgehead atoms. The van der Waals surface area contributed by atoms with E-state index in [2.05, 4.69) is 15.3 Å². The second-order valence-electron chi connectivity index (χ2n) is 4.44. The maximum atomic E-state index is 13.1. The molecule has 2 rings (SSSR count). The van der Waals surface area contributed by atoms with Gasteiger partial charge in [0.2, 0.25) is 11.8 Å². The Morgan fingerprint density at radius 2 is 2.47 bits per heavy atom. The van der Waals surface area contributed by atoms with Crippen molar-refractivity contribution in [1.82, 2.24) is 15.3 Å². The molecule has 1 saturated carbocycles. The number of carbonyl (C=O) groups excluding carboxylic acids is 1. The number of nitrogens with one attached hydrogen (secondary N) is 2. The molecular formula is C11H15F2N3O. The lowest BCUT2D eigenvalue weighted by atomic mass is 9.86. The summed E-state index contributed by atoms with van der Waals surface area (Å²) in [7, 11) is 0. The molecule has 1 amide bonds. The standard InChI is InChI=1S/C11H15F2N3O/c12-11(13)3-1-2-8(4-11)10(17)15-6-9-5-14-7-16-9/h5,7-8H,1-4,6H2,(H,14,16)(H,15,17). The first-order chi connectivity index (χ1) is 8.07. The first kappa shape index (κ1) is 12.0. The van der Waals surface area contributed by atoms with Gasteiger partial charge in [0.25, 0.3) is 0 Å². The zero-order chi connectivity index (χ0) is 12.3. The normalized spacial score (nSPS) is 23.3. The lowest BCUT2D eigenvalue weighted by Gasteiger charge is -2.27. The third kappa shape index (κ3) is 3.25. The molecule has 1 heterocycles. The molecule has 1 aliphatic carbocycles. The smallest absolute Gasteiger partial charge is 0.248 e. The monoisotopic (exact) mass is 243 g/mol. The van der Waals surface area contributed by atoms with Crippen molar-refractivity contribution in [3.05, 3.63) is 18.2 Å². The average Bonchev–Trinajstić information content (AvgIpc) is 2.77. The Morgan fingerprint density at radius 1 is 1.65 bits per heavy atom. The molecule has 1 aromatic heterocycles. The molecule has 0 saturated heterocycles. The first-order valence-corrected chi connectivity index (χ1v) is 5.70. The molecule has 1 aromatic rings. The zero-order valence-corrected chi connectivity index (χ0v) is 9.38. The molecule has 1 unspecified atom stereocenters. The number of nitrogens with zero attached hydrogens (tertiary/aromatic N) is 1. The molecule has 0 aromatic carbocycles. The maximum Gasteiger partial charge on any atom is 0.248 e. The van der Waals surface area contributed by atoms with Crippen LogP contribution in [0.15, 0.2) is 12.5 Å². The summed E-state index contributed by atoms with van der Waals surface area (Å²) in [5, 5.41) is 2.65. The van der Waals surface area contributed by atoms with Crippen molar-refractivity contribution in [2.24, 2.45) is 5.92 Å². The van der Waals surface area contributed by atoms with Crippen molar-refractivity contribution >= 4 is 5.91 Å². The molecule has 4 nitrogen and oxygen atoms in total. The fourth-order valence-electron chi connectivity index (χ4n) is 2.10. The number of hydrogen-bond acceptors (Lipinski definition) is 2. The highest BCUT2D eigenvalue weighted by atomic mass is 19.3. The number of imidazole rings is 1. The van der Waals surface area contributed by atoms with Crippen LogP contribution in [0.5, 0.6) is 0 Å². The Hall–Kier alpha value is -1.46. The maximum absolute atomic E-state index is 13.1. The van der Waals surface area contributed by atoms with E-state index in [1.54, 1.807) is 6.20 Å². The van der Waals surface area contributed by atoms with Gasteiger partial charge in [0.1, 0.15) is 0 Å². The van der Waals surface area contributed by atoms with Gasteiger partial charge in [-0.2, -0.15) is 0 Å². The summed E-state index contributed by atoms with van der Waals surface area (Å²) in [6, 6.07) is 0. The molecule has 1 aliphatic rings. The number of rotatable bonds is 3. The van der Waals surface area contributed by atoms with E-state index < -0.39 is 11.8 Å². The van der Waals surface area contributed by atoms with Crippen molar-refractivity contribution in [1.29, 1.82) is 0 Å². The van der Waals surface area contributed by atoms with Crippen LogP contribution in [-0.4, -0.2) is 21.8 Å². The summed E-state index contributed by atoms with van der Waals surface area (Å²) < 4.78 is 26.3. The Morgan fingerprint density at radius 3 is 3.12 bits per heavy atom. The van der Waals surface area contributed by atoms with Crippen LogP contribution in [0.2, 0.25) is 0 Å². The van der Waals surface area contributed by atoms with Crippen LogP contribution >= 0.6 is 0 Å². The van der Waals surface area contributed by atoms with Crippen molar-refractivity contribution in [3.63, 3.8) is 0 Å². The second-order valence-corrected chi connectivity index (χ2v) is 4.44. The minimum Gasteiger partial charge on any atom is -0.350 e. The minimum absolute atomic E-state index is 0.0999. The molecule has 0 spiro atoms. The summed E-state index contributed by atoms with van der Waals surface area (Å²) in [5.74, 6) is -3.55. The fourth-order valence-corrected chi connectivity index (χ4v) is 2.10. The van der Waals surface area contributed by atoms with Crippen molar-refractivity contribution in [2.75, 3.05) is 0 Å². The number of hydrogen-bond donors (Lipinski definition) is 2. The van der Waals surface area contributed by atoms with Crippen molar-refractivity contribution in [2.45, 2.75) is 38.2 Å².